The fourth-order valence-electron chi connectivity index (χ4n) is 2.51. The normalized spacial score (nSPS) is 18.5. The molecule has 122 valence electrons. The molecule has 1 atom stereocenters. The van der Waals surface area contributed by atoms with E-state index in [9.17, 15) is 9.59 Å². The van der Waals surface area contributed by atoms with Crippen LogP contribution in [-0.4, -0.2) is 39.0 Å². The van der Waals surface area contributed by atoms with E-state index in [4.69, 9.17) is 0 Å². The quantitative estimate of drug-likeness (QED) is 0.923. The molecule has 0 aromatic carbocycles. The second-order valence-electron chi connectivity index (χ2n) is 6.46. The van der Waals surface area contributed by atoms with Crippen molar-refractivity contribution in [2.45, 2.75) is 32.7 Å². The van der Waals surface area contributed by atoms with Crippen LogP contribution in [0.5, 0.6) is 0 Å². The minimum Gasteiger partial charge on any atom is -0.337 e. The monoisotopic (exact) mass is 350 g/mol. The predicted molar refractivity (Wildman–Crippen MR) is 91.4 cm³/mol. The average molecular weight is 350 g/mol. The number of carbonyl (C=O) groups is 2. The number of rotatable bonds is 3. The third-order valence-corrected chi connectivity index (χ3v) is 5.57. The fraction of sp³-hybridized carbons (Fsp3) is 0.467. The summed E-state index contributed by atoms with van der Waals surface area (Å²) in [6.07, 6.45) is 0.250. The zero-order valence-corrected chi connectivity index (χ0v) is 14.8. The first-order valence-corrected chi connectivity index (χ1v) is 9.03. The van der Waals surface area contributed by atoms with Gasteiger partial charge in [0.1, 0.15) is 0 Å². The highest BCUT2D eigenvalue weighted by Crippen LogP contribution is 2.31. The van der Waals surface area contributed by atoms with Crippen molar-refractivity contribution < 1.29 is 9.59 Å². The lowest BCUT2D eigenvalue weighted by Crippen LogP contribution is -2.42. The van der Waals surface area contributed by atoms with E-state index in [0.717, 1.165) is 9.88 Å². The standard InChI is InChI=1S/C15H18N4O2S2/c1-15(2,3)19-8-9(7-11(19)20)12(21)16-14-18-17-13(23-14)10-5-4-6-22-10/h4-6,9H,7-8H2,1-3H3,(H,16,18,21). The van der Waals surface area contributed by atoms with E-state index in [1.165, 1.54) is 11.3 Å². The van der Waals surface area contributed by atoms with Gasteiger partial charge in [-0.2, -0.15) is 0 Å². The summed E-state index contributed by atoms with van der Waals surface area (Å²) >= 11 is 2.92. The van der Waals surface area contributed by atoms with Gasteiger partial charge in [-0.1, -0.05) is 17.4 Å². The summed E-state index contributed by atoms with van der Waals surface area (Å²) < 4.78 is 0. The van der Waals surface area contributed by atoms with Crippen LogP contribution in [0.4, 0.5) is 5.13 Å². The van der Waals surface area contributed by atoms with Crippen LogP contribution >= 0.6 is 22.7 Å². The zero-order valence-electron chi connectivity index (χ0n) is 13.2. The highest BCUT2D eigenvalue weighted by molar-refractivity contribution is 7.23. The van der Waals surface area contributed by atoms with Crippen LogP contribution in [0.25, 0.3) is 9.88 Å². The van der Waals surface area contributed by atoms with Crippen molar-refractivity contribution in [3.05, 3.63) is 17.5 Å². The van der Waals surface area contributed by atoms with Gasteiger partial charge >= 0.3 is 0 Å². The van der Waals surface area contributed by atoms with E-state index in [1.54, 1.807) is 16.2 Å². The summed E-state index contributed by atoms with van der Waals surface area (Å²) in [5, 5.41) is 14.1. The van der Waals surface area contributed by atoms with Crippen LogP contribution in [0.2, 0.25) is 0 Å². The van der Waals surface area contributed by atoms with Crippen LogP contribution in [0.3, 0.4) is 0 Å². The van der Waals surface area contributed by atoms with Crippen molar-refractivity contribution >= 4 is 39.6 Å². The van der Waals surface area contributed by atoms with Gasteiger partial charge in [-0.3, -0.25) is 9.59 Å². The molecule has 2 amide bonds. The second kappa shape index (κ2) is 6.01. The van der Waals surface area contributed by atoms with Gasteiger partial charge in [0.2, 0.25) is 16.9 Å². The third kappa shape index (κ3) is 3.42. The SMILES string of the molecule is CC(C)(C)N1CC(C(=O)Nc2nnc(-c3cccs3)s2)CC1=O. The fourth-order valence-corrected chi connectivity index (χ4v) is 4.05. The molecule has 1 unspecified atom stereocenters. The smallest absolute Gasteiger partial charge is 0.231 e. The Balaban J connectivity index is 1.65. The second-order valence-corrected chi connectivity index (χ2v) is 8.38. The summed E-state index contributed by atoms with van der Waals surface area (Å²) in [4.78, 5) is 27.2. The lowest BCUT2D eigenvalue weighted by molar-refractivity contribution is -0.131. The van der Waals surface area contributed by atoms with E-state index < -0.39 is 0 Å². The number of nitrogens with zero attached hydrogens (tertiary/aromatic N) is 3. The molecule has 1 N–H and O–H groups in total. The molecule has 0 bridgehead atoms. The Morgan fingerprint density at radius 1 is 1.39 bits per heavy atom. The molecule has 1 aliphatic rings. The number of carbonyl (C=O) groups excluding carboxylic acids is 2. The van der Waals surface area contributed by atoms with Crippen molar-refractivity contribution in [3.63, 3.8) is 0 Å². The molecule has 23 heavy (non-hydrogen) atoms. The Morgan fingerprint density at radius 2 is 2.17 bits per heavy atom. The van der Waals surface area contributed by atoms with Crippen LogP contribution in [0.1, 0.15) is 27.2 Å². The molecule has 0 saturated carbocycles. The first-order valence-electron chi connectivity index (χ1n) is 7.33. The number of amides is 2. The van der Waals surface area contributed by atoms with Crippen LogP contribution < -0.4 is 5.32 Å². The minimum absolute atomic E-state index is 0.0224. The van der Waals surface area contributed by atoms with E-state index in [-0.39, 0.29) is 29.7 Å². The van der Waals surface area contributed by atoms with Gasteiger partial charge in [0, 0.05) is 18.5 Å². The summed E-state index contributed by atoms with van der Waals surface area (Å²) in [6.45, 7) is 6.38. The molecule has 2 aromatic heterocycles. The summed E-state index contributed by atoms with van der Waals surface area (Å²) in [5.74, 6) is -0.482. The Hall–Kier alpha value is -1.80. The van der Waals surface area contributed by atoms with Crippen molar-refractivity contribution in [2.24, 2.45) is 5.92 Å². The Bertz CT molecular complexity index is 718. The number of thiophene rings is 1. The molecule has 2 aromatic rings. The molecule has 1 fully saturated rings. The molecule has 1 aliphatic heterocycles. The maximum atomic E-state index is 12.4. The van der Waals surface area contributed by atoms with Crippen molar-refractivity contribution in [1.82, 2.24) is 15.1 Å². The molecule has 8 heteroatoms. The number of likely N-dealkylation sites (tertiary alicyclic amines) is 1. The molecule has 0 aliphatic carbocycles. The van der Waals surface area contributed by atoms with Gasteiger partial charge in [0.15, 0.2) is 5.01 Å². The van der Waals surface area contributed by atoms with E-state index in [0.29, 0.717) is 11.7 Å². The number of nitrogens with one attached hydrogen (secondary N) is 1. The molecule has 3 heterocycles. The maximum Gasteiger partial charge on any atom is 0.231 e. The van der Waals surface area contributed by atoms with Crippen LogP contribution in [0.15, 0.2) is 17.5 Å². The molecule has 0 spiro atoms. The van der Waals surface area contributed by atoms with Gasteiger partial charge in [-0.05, 0) is 32.2 Å². The maximum absolute atomic E-state index is 12.4. The third-order valence-electron chi connectivity index (χ3n) is 3.69. The molecular weight excluding hydrogens is 332 g/mol. The Labute approximate surface area is 142 Å². The van der Waals surface area contributed by atoms with Crippen LogP contribution in [-0.2, 0) is 9.59 Å². The number of hydrogen-bond acceptors (Lipinski definition) is 6. The summed E-state index contributed by atoms with van der Waals surface area (Å²) in [7, 11) is 0. The Morgan fingerprint density at radius 3 is 2.78 bits per heavy atom. The summed E-state index contributed by atoms with van der Waals surface area (Å²) in [5.41, 5.74) is -0.263. The molecule has 0 radical (unpaired) electrons. The molecule has 3 rings (SSSR count). The minimum atomic E-state index is -0.337. The topological polar surface area (TPSA) is 75.2 Å². The molecular formula is C15H18N4O2S2. The lowest BCUT2D eigenvalue weighted by atomic mass is 10.1. The predicted octanol–water partition coefficient (Wildman–Crippen LogP) is 2.85. The highest BCUT2D eigenvalue weighted by Gasteiger charge is 2.39. The van der Waals surface area contributed by atoms with Crippen molar-refractivity contribution in [1.29, 1.82) is 0 Å². The number of anilines is 1. The van der Waals surface area contributed by atoms with E-state index in [2.05, 4.69) is 15.5 Å². The van der Waals surface area contributed by atoms with Gasteiger partial charge in [-0.25, -0.2) is 0 Å². The lowest BCUT2D eigenvalue weighted by Gasteiger charge is -2.31. The highest BCUT2D eigenvalue weighted by atomic mass is 32.1. The van der Waals surface area contributed by atoms with Gasteiger partial charge in [0.05, 0.1) is 10.8 Å². The van der Waals surface area contributed by atoms with Gasteiger partial charge in [-0.15, -0.1) is 21.5 Å². The average Bonchev–Trinajstić information content (AvgIpc) is 3.15. The van der Waals surface area contributed by atoms with Crippen LogP contribution in [0, 0.1) is 5.92 Å². The van der Waals surface area contributed by atoms with E-state index >= 15 is 0 Å². The molecule has 1 saturated heterocycles. The largest absolute Gasteiger partial charge is 0.337 e. The van der Waals surface area contributed by atoms with Gasteiger partial charge in [0.25, 0.3) is 0 Å². The van der Waals surface area contributed by atoms with Crippen molar-refractivity contribution in [3.8, 4) is 9.88 Å². The number of aromatic nitrogens is 2. The van der Waals surface area contributed by atoms with E-state index in [1.807, 2.05) is 38.3 Å². The summed E-state index contributed by atoms with van der Waals surface area (Å²) in [6, 6.07) is 3.92. The first kappa shape index (κ1) is 16.1. The zero-order chi connectivity index (χ0) is 16.6. The first-order chi connectivity index (χ1) is 10.8. The van der Waals surface area contributed by atoms with Crippen molar-refractivity contribution in [2.75, 3.05) is 11.9 Å². The number of hydrogen-bond donors (Lipinski definition) is 1. The molecule has 6 nitrogen and oxygen atoms in total. The Kier molecular flexibility index (Phi) is 4.20. The van der Waals surface area contributed by atoms with Gasteiger partial charge < -0.3 is 10.2 Å².